The standard InChI is InChI=1S/C15H10Cl2N2O.C2H6/c1-20-10-4-2-9(3-5-10)12-8-13-11(15(17)19-12)6-7-14(16)18-13;1-2/h2-8H,1H3;1-2H3. The Morgan fingerprint density at radius 2 is 1.59 bits per heavy atom. The van der Waals surface area contributed by atoms with E-state index in [1.54, 1.807) is 13.2 Å². The number of aromatic nitrogens is 2. The van der Waals surface area contributed by atoms with E-state index in [0.717, 1.165) is 27.9 Å². The van der Waals surface area contributed by atoms with Crippen molar-refractivity contribution in [2.45, 2.75) is 13.8 Å². The molecule has 22 heavy (non-hydrogen) atoms. The van der Waals surface area contributed by atoms with Crippen molar-refractivity contribution in [3.63, 3.8) is 0 Å². The van der Waals surface area contributed by atoms with Gasteiger partial charge in [0.25, 0.3) is 0 Å². The SMILES string of the molecule is CC.COc1ccc(-c2cc3nc(Cl)ccc3c(Cl)n2)cc1. The van der Waals surface area contributed by atoms with Crippen LogP contribution in [0.5, 0.6) is 5.75 Å². The predicted octanol–water partition coefficient (Wildman–Crippen LogP) is 5.64. The molecule has 0 saturated heterocycles. The van der Waals surface area contributed by atoms with Crippen molar-refractivity contribution in [3.8, 4) is 17.0 Å². The van der Waals surface area contributed by atoms with Crippen LogP contribution in [0.4, 0.5) is 0 Å². The van der Waals surface area contributed by atoms with E-state index in [0.29, 0.717) is 10.3 Å². The summed E-state index contributed by atoms with van der Waals surface area (Å²) in [4.78, 5) is 8.67. The second-order valence-electron chi connectivity index (χ2n) is 4.23. The van der Waals surface area contributed by atoms with Crippen LogP contribution in [0.25, 0.3) is 22.2 Å². The third-order valence-corrected chi connectivity index (χ3v) is 3.49. The molecule has 0 fully saturated rings. The van der Waals surface area contributed by atoms with Gasteiger partial charge in [0.2, 0.25) is 0 Å². The Morgan fingerprint density at radius 3 is 2.23 bits per heavy atom. The van der Waals surface area contributed by atoms with E-state index in [4.69, 9.17) is 27.9 Å². The predicted molar refractivity (Wildman–Crippen MR) is 92.9 cm³/mol. The molecule has 0 aliphatic carbocycles. The number of rotatable bonds is 2. The average Bonchev–Trinajstić information content (AvgIpc) is 2.56. The molecule has 0 unspecified atom stereocenters. The van der Waals surface area contributed by atoms with Gasteiger partial charge in [-0.25, -0.2) is 9.97 Å². The highest BCUT2D eigenvalue weighted by Gasteiger charge is 2.08. The smallest absolute Gasteiger partial charge is 0.139 e. The highest BCUT2D eigenvalue weighted by Crippen LogP contribution is 2.28. The summed E-state index contributed by atoms with van der Waals surface area (Å²) in [5.74, 6) is 0.793. The highest BCUT2D eigenvalue weighted by atomic mass is 35.5. The number of benzene rings is 1. The van der Waals surface area contributed by atoms with Gasteiger partial charge in [-0.15, -0.1) is 0 Å². The lowest BCUT2D eigenvalue weighted by molar-refractivity contribution is 0.415. The van der Waals surface area contributed by atoms with Crippen LogP contribution in [-0.4, -0.2) is 17.1 Å². The molecule has 0 spiro atoms. The normalized spacial score (nSPS) is 10.0. The summed E-state index contributed by atoms with van der Waals surface area (Å²) in [7, 11) is 1.63. The van der Waals surface area contributed by atoms with Crippen molar-refractivity contribution in [1.29, 1.82) is 0 Å². The first-order valence-corrected chi connectivity index (χ1v) is 7.70. The van der Waals surface area contributed by atoms with Crippen LogP contribution in [0.2, 0.25) is 10.3 Å². The number of hydrogen-bond donors (Lipinski definition) is 0. The van der Waals surface area contributed by atoms with Gasteiger partial charge >= 0.3 is 0 Å². The Morgan fingerprint density at radius 1 is 0.909 bits per heavy atom. The molecule has 3 nitrogen and oxygen atoms in total. The first-order valence-electron chi connectivity index (χ1n) is 6.94. The van der Waals surface area contributed by atoms with Crippen LogP contribution in [-0.2, 0) is 0 Å². The van der Waals surface area contributed by atoms with Crippen LogP contribution >= 0.6 is 23.2 Å². The molecule has 0 saturated carbocycles. The molecule has 3 aromatic rings. The van der Waals surface area contributed by atoms with Crippen molar-refractivity contribution in [2.24, 2.45) is 0 Å². The van der Waals surface area contributed by atoms with E-state index in [2.05, 4.69) is 9.97 Å². The second-order valence-corrected chi connectivity index (χ2v) is 4.97. The molecule has 0 radical (unpaired) electrons. The van der Waals surface area contributed by atoms with E-state index in [-0.39, 0.29) is 0 Å². The van der Waals surface area contributed by atoms with Gasteiger partial charge < -0.3 is 4.74 Å². The number of ether oxygens (including phenoxy) is 1. The molecule has 5 heteroatoms. The Balaban J connectivity index is 0.000000847. The minimum Gasteiger partial charge on any atom is -0.497 e. The zero-order chi connectivity index (χ0) is 16.1. The van der Waals surface area contributed by atoms with E-state index < -0.39 is 0 Å². The Kier molecular flexibility index (Phi) is 5.58. The summed E-state index contributed by atoms with van der Waals surface area (Å²) in [5.41, 5.74) is 2.42. The maximum Gasteiger partial charge on any atom is 0.139 e. The number of fused-ring (bicyclic) bond motifs is 1. The summed E-state index contributed by atoms with van der Waals surface area (Å²) >= 11 is 12.1. The minimum atomic E-state index is 0.414. The zero-order valence-electron chi connectivity index (χ0n) is 12.6. The van der Waals surface area contributed by atoms with Crippen molar-refractivity contribution in [2.75, 3.05) is 7.11 Å². The molecule has 2 heterocycles. The van der Waals surface area contributed by atoms with Gasteiger partial charge in [0.15, 0.2) is 0 Å². The van der Waals surface area contributed by atoms with Gasteiger partial charge in [-0.3, -0.25) is 0 Å². The third kappa shape index (κ3) is 3.49. The van der Waals surface area contributed by atoms with Gasteiger partial charge in [0, 0.05) is 10.9 Å². The molecular weight excluding hydrogens is 319 g/mol. The number of nitrogens with zero attached hydrogens (tertiary/aromatic N) is 2. The van der Waals surface area contributed by atoms with Crippen molar-refractivity contribution in [3.05, 3.63) is 52.8 Å². The van der Waals surface area contributed by atoms with E-state index in [1.165, 1.54) is 0 Å². The first-order chi connectivity index (χ1) is 10.7. The van der Waals surface area contributed by atoms with Crippen molar-refractivity contribution >= 4 is 34.1 Å². The maximum atomic E-state index is 6.20. The van der Waals surface area contributed by atoms with Gasteiger partial charge in [0.1, 0.15) is 16.1 Å². The molecule has 0 atom stereocenters. The average molecular weight is 335 g/mol. The zero-order valence-corrected chi connectivity index (χ0v) is 14.1. The lowest BCUT2D eigenvalue weighted by Gasteiger charge is -2.06. The maximum absolute atomic E-state index is 6.20. The van der Waals surface area contributed by atoms with Gasteiger partial charge in [-0.1, -0.05) is 37.0 Å². The minimum absolute atomic E-state index is 0.414. The first kappa shape index (κ1) is 16.5. The fourth-order valence-corrected chi connectivity index (χ4v) is 2.38. The quantitative estimate of drug-likeness (QED) is 0.569. The Labute approximate surface area is 139 Å². The number of pyridine rings is 2. The van der Waals surface area contributed by atoms with Crippen LogP contribution < -0.4 is 4.74 Å². The number of halogens is 2. The molecule has 0 aliphatic rings. The van der Waals surface area contributed by atoms with Gasteiger partial charge in [-0.05, 0) is 42.5 Å². The van der Waals surface area contributed by atoms with Crippen molar-refractivity contribution in [1.82, 2.24) is 9.97 Å². The Hall–Kier alpha value is -1.84. The molecule has 3 rings (SSSR count). The van der Waals surface area contributed by atoms with Crippen LogP contribution in [0.3, 0.4) is 0 Å². The van der Waals surface area contributed by atoms with Crippen LogP contribution in [0.1, 0.15) is 13.8 Å². The van der Waals surface area contributed by atoms with Gasteiger partial charge in [0.05, 0.1) is 18.3 Å². The van der Waals surface area contributed by atoms with E-state index in [9.17, 15) is 0 Å². The van der Waals surface area contributed by atoms with E-state index >= 15 is 0 Å². The number of hydrogen-bond acceptors (Lipinski definition) is 3. The monoisotopic (exact) mass is 334 g/mol. The molecule has 0 amide bonds. The van der Waals surface area contributed by atoms with Crippen LogP contribution in [0.15, 0.2) is 42.5 Å². The third-order valence-electron chi connectivity index (χ3n) is 2.99. The Bertz CT molecular complexity index is 773. The lowest BCUT2D eigenvalue weighted by atomic mass is 10.1. The molecule has 2 aromatic heterocycles. The largest absolute Gasteiger partial charge is 0.497 e. The van der Waals surface area contributed by atoms with Crippen LogP contribution in [0, 0.1) is 0 Å². The number of methoxy groups -OCH3 is 1. The summed E-state index contributed by atoms with van der Waals surface area (Å²) < 4.78 is 5.14. The molecule has 1 aromatic carbocycles. The molecule has 0 N–H and O–H groups in total. The highest BCUT2D eigenvalue weighted by molar-refractivity contribution is 6.34. The molecule has 114 valence electrons. The summed E-state index contributed by atoms with van der Waals surface area (Å²) in [6.07, 6.45) is 0. The molecule has 0 aliphatic heterocycles. The summed E-state index contributed by atoms with van der Waals surface area (Å²) in [5, 5.41) is 1.63. The molecule has 0 bridgehead atoms. The van der Waals surface area contributed by atoms with Gasteiger partial charge in [-0.2, -0.15) is 0 Å². The lowest BCUT2D eigenvalue weighted by Crippen LogP contribution is -1.89. The van der Waals surface area contributed by atoms with Crippen molar-refractivity contribution < 1.29 is 4.74 Å². The fourth-order valence-electron chi connectivity index (χ4n) is 1.97. The topological polar surface area (TPSA) is 35.0 Å². The van der Waals surface area contributed by atoms with E-state index in [1.807, 2.05) is 50.2 Å². The summed E-state index contributed by atoms with van der Waals surface area (Å²) in [6.45, 7) is 4.00. The fraction of sp³-hybridized carbons (Fsp3) is 0.176. The summed E-state index contributed by atoms with van der Waals surface area (Å²) in [6, 6.07) is 13.0. The second kappa shape index (κ2) is 7.43. The molecular formula is C17H16Cl2N2O.